The van der Waals surface area contributed by atoms with E-state index in [1.54, 1.807) is 0 Å². The highest BCUT2D eigenvalue weighted by molar-refractivity contribution is 8.18. The number of rotatable bonds is 3. The SMILES string of the molecule is CC(C)C.NCC(=O)Oc1cc(F)ccc1/C=C1/SC(N2CCCCN2)=NC1=O. The fourth-order valence-corrected chi connectivity index (χ4v) is 3.30. The first-order valence-corrected chi connectivity index (χ1v) is 10.4. The molecule has 0 radical (unpaired) electrons. The predicted octanol–water partition coefficient (Wildman–Crippen LogP) is 2.92. The van der Waals surface area contributed by atoms with Gasteiger partial charge in [0.2, 0.25) is 0 Å². The topological polar surface area (TPSA) is 97.0 Å². The highest BCUT2D eigenvalue weighted by Crippen LogP contribution is 2.32. The molecule has 9 heteroatoms. The number of carbonyl (C=O) groups excluding carboxylic acids is 2. The van der Waals surface area contributed by atoms with E-state index >= 15 is 0 Å². The average molecular weight is 423 g/mol. The van der Waals surface area contributed by atoms with Crippen LogP contribution in [0.5, 0.6) is 5.75 Å². The molecule has 3 N–H and O–H groups in total. The summed E-state index contributed by atoms with van der Waals surface area (Å²) in [7, 11) is 0. The lowest BCUT2D eigenvalue weighted by Gasteiger charge is -2.28. The standard InChI is InChI=1S/C16H17FN4O3S.C4H10/c17-11-4-3-10(12(8-11)24-14(22)9-18)7-13-15(23)20-16(25-13)21-6-2-1-5-19-21;1-4(2)3/h3-4,7-8,19H,1-2,5-6,9,18H2;4H,1-3H3/b13-7+;. The molecule has 3 rings (SSSR count). The van der Waals surface area contributed by atoms with Crippen LogP contribution in [0.25, 0.3) is 6.08 Å². The van der Waals surface area contributed by atoms with Gasteiger partial charge in [-0.1, -0.05) is 20.8 Å². The van der Waals surface area contributed by atoms with E-state index in [1.165, 1.54) is 30.0 Å². The number of esters is 1. The van der Waals surface area contributed by atoms with E-state index in [-0.39, 0.29) is 18.2 Å². The molecule has 1 amide bonds. The van der Waals surface area contributed by atoms with Crippen molar-refractivity contribution in [3.63, 3.8) is 0 Å². The van der Waals surface area contributed by atoms with Crippen LogP contribution in [0, 0.1) is 11.7 Å². The first-order chi connectivity index (χ1) is 13.8. The zero-order valence-electron chi connectivity index (χ0n) is 16.9. The monoisotopic (exact) mass is 422 g/mol. The molecule has 0 aliphatic carbocycles. The number of hydrogen-bond donors (Lipinski definition) is 2. The van der Waals surface area contributed by atoms with E-state index in [0.717, 1.165) is 37.9 Å². The van der Waals surface area contributed by atoms with E-state index in [4.69, 9.17) is 10.5 Å². The summed E-state index contributed by atoms with van der Waals surface area (Å²) < 4.78 is 18.5. The van der Waals surface area contributed by atoms with E-state index in [2.05, 4.69) is 31.2 Å². The largest absolute Gasteiger partial charge is 0.425 e. The maximum Gasteiger partial charge on any atom is 0.325 e. The van der Waals surface area contributed by atoms with Crippen LogP contribution in [0.15, 0.2) is 28.1 Å². The summed E-state index contributed by atoms with van der Waals surface area (Å²) in [6.07, 6.45) is 3.64. The normalized spacial score (nSPS) is 17.9. The first kappa shape index (κ1) is 23.1. The van der Waals surface area contributed by atoms with Crippen molar-refractivity contribution < 1.29 is 18.7 Å². The predicted molar refractivity (Wildman–Crippen MR) is 114 cm³/mol. The minimum absolute atomic E-state index is 0.0147. The van der Waals surface area contributed by atoms with Gasteiger partial charge in [-0.2, -0.15) is 4.99 Å². The Morgan fingerprint density at radius 2 is 2.14 bits per heavy atom. The second kappa shape index (κ2) is 11.1. The fourth-order valence-electron chi connectivity index (χ4n) is 2.39. The number of thioether (sulfide) groups is 1. The van der Waals surface area contributed by atoms with E-state index in [0.29, 0.717) is 15.6 Å². The number of amidine groups is 1. The van der Waals surface area contributed by atoms with Crippen LogP contribution in [0.3, 0.4) is 0 Å². The maximum atomic E-state index is 13.4. The molecule has 29 heavy (non-hydrogen) atoms. The second-order valence-electron chi connectivity index (χ2n) is 7.17. The molecule has 2 heterocycles. The Morgan fingerprint density at radius 3 is 2.76 bits per heavy atom. The quantitative estimate of drug-likeness (QED) is 0.439. The van der Waals surface area contributed by atoms with Gasteiger partial charge in [-0.3, -0.25) is 14.6 Å². The zero-order chi connectivity index (χ0) is 21.4. The summed E-state index contributed by atoms with van der Waals surface area (Å²) in [6.45, 7) is 7.79. The number of nitrogens with zero attached hydrogens (tertiary/aromatic N) is 2. The lowest BCUT2D eigenvalue weighted by Crippen LogP contribution is -2.45. The summed E-state index contributed by atoms with van der Waals surface area (Å²) in [5.41, 5.74) is 8.81. The average Bonchev–Trinajstić information content (AvgIpc) is 3.04. The third-order valence-corrected chi connectivity index (χ3v) is 4.61. The summed E-state index contributed by atoms with van der Waals surface area (Å²) in [4.78, 5) is 28.0. The third-order valence-electron chi connectivity index (χ3n) is 3.60. The first-order valence-electron chi connectivity index (χ1n) is 9.54. The van der Waals surface area contributed by atoms with Gasteiger partial charge in [0.15, 0.2) is 5.17 Å². The molecular weight excluding hydrogens is 395 g/mol. The fraction of sp³-hybridized carbons (Fsp3) is 0.450. The summed E-state index contributed by atoms with van der Waals surface area (Å²) in [6, 6.07) is 3.74. The number of hydrogen-bond acceptors (Lipinski definition) is 7. The van der Waals surface area contributed by atoms with E-state index in [1.807, 2.05) is 5.01 Å². The van der Waals surface area contributed by atoms with Crippen LogP contribution in [-0.4, -0.2) is 41.7 Å². The van der Waals surface area contributed by atoms with E-state index in [9.17, 15) is 14.0 Å². The number of nitrogens with one attached hydrogen (secondary N) is 1. The van der Waals surface area contributed by atoms with Crippen LogP contribution < -0.4 is 15.9 Å². The molecule has 1 aromatic carbocycles. The number of aliphatic imine (C=N–C) groups is 1. The third kappa shape index (κ3) is 7.26. The molecule has 1 saturated heterocycles. The van der Waals surface area contributed by atoms with E-state index < -0.39 is 11.8 Å². The van der Waals surface area contributed by atoms with Crippen molar-refractivity contribution in [3.8, 4) is 5.75 Å². The van der Waals surface area contributed by atoms with Crippen LogP contribution in [-0.2, 0) is 9.59 Å². The Kier molecular flexibility index (Phi) is 8.81. The van der Waals surface area contributed by atoms with Crippen molar-refractivity contribution in [2.45, 2.75) is 33.6 Å². The summed E-state index contributed by atoms with van der Waals surface area (Å²) in [5, 5.41) is 2.44. The van der Waals surface area contributed by atoms with Gasteiger partial charge in [-0.05, 0) is 48.7 Å². The molecule has 1 fully saturated rings. The van der Waals surface area contributed by atoms with Gasteiger partial charge in [0, 0.05) is 24.7 Å². The van der Waals surface area contributed by atoms with Gasteiger partial charge >= 0.3 is 5.97 Å². The minimum atomic E-state index is -0.690. The molecule has 158 valence electrons. The van der Waals surface area contributed by atoms with Crippen molar-refractivity contribution in [1.82, 2.24) is 10.4 Å². The maximum absolute atomic E-state index is 13.4. The van der Waals surface area contributed by atoms with Crippen LogP contribution in [0.1, 0.15) is 39.2 Å². The van der Waals surface area contributed by atoms with Crippen molar-refractivity contribution in [3.05, 3.63) is 34.5 Å². The Balaban J connectivity index is 0.000000687. The zero-order valence-corrected chi connectivity index (χ0v) is 17.7. The molecule has 0 atom stereocenters. The van der Waals surface area contributed by atoms with Crippen molar-refractivity contribution in [2.24, 2.45) is 16.6 Å². The molecule has 7 nitrogen and oxygen atoms in total. The lowest BCUT2D eigenvalue weighted by molar-refractivity contribution is -0.132. The van der Waals surface area contributed by atoms with Crippen molar-refractivity contribution >= 4 is 34.9 Å². The summed E-state index contributed by atoms with van der Waals surface area (Å²) >= 11 is 1.22. The molecule has 0 bridgehead atoms. The van der Waals surface area contributed by atoms with Crippen molar-refractivity contribution in [2.75, 3.05) is 19.6 Å². The molecule has 1 aromatic rings. The van der Waals surface area contributed by atoms with Crippen molar-refractivity contribution in [1.29, 1.82) is 0 Å². The Labute approximate surface area is 174 Å². The smallest absolute Gasteiger partial charge is 0.325 e. The number of nitrogens with two attached hydrogens (primary N) is 1. The number of hydrazine groups is 1. The van der Waals surface area contributed by atoms with Gasteiger partial charge in [-0.15, -0.1) is 0 Å². The van der Waals surface area contributed by atoms with Crippen LogP contribution >= 0.6 is 11.8 Å². The molecule has 0 unspecified atom stereocenters. The minimum Gasteiger partial charge on any atom is -0.425 e. The highest BCUT2D eigenvalue weighted by atomic mass is 32.2. The van der Waals surface area contributed by atoms with Gasteiger partial charge in [-0.25, -0.2) is 9.82 Å². The molecular formula is C20H27FN4O3S. The number of carbonyl (C=O) groups is 2. The Morgan fingerprint density at radius 1 is 1.41 bits per heavy atom. The number of amides is 1. The van der Waals surface area contributed by atoms with Gasteiger partial charge in [0.25, 0.3) is 5.91 Å². The number of ether oxygens (including phenoxy) is 1. The molecule has 0 saturated carbocycles. The van der Waals surface area contributed by atoms with Crippen LogP contribution in [0.4, 0.5) is 4.39 Å². The number of halogens is 1. The Bertz CT molecular complexity index is 802. The van der Waals surface area contributed by atoms with Gasteiger partial charge in [0.1, 0.15) is 11.6 Å². The molecule has 2 aliphatic heterocycles. The molecule has 2 aliphatic rings. The molecule has 0 spiro atoms. The Hall–Kier alpha value is -2.23. The van der Waals surface area contributed by atoms with Gasteiger partial charge in [0.05, 0.1) is 11.4 Å². The molecule has 0 aromatic heterocycles. The second-order valence-corrected chi connectivity index (χ2v) is 8.18. The number of benzene rings is 1. The highest BCUT2D eigenvalue weighted by Gasteiger charge is 2.27. The lowest BCUT2D eigenvalue weighted by atomic mass is 10.2. The van der Waals surface area contributed by atoms with Crippen LogP contribution in [0.2, 0.25) is 0 Å². The van der Waals surface area contributed by atoms with Gasteiger partial charge < -0.3 is 10.5 Å². The summed E-state index contributed by atoms with van der Waals surface area (Å²) in [5.74, 6) is -0.777.